The number of nitriles is 1. The molecule has 2 N–H and O–H groups in total. The summed E-state index contributed by atoms with van der Waals surface area (Å²) in [7, 11) is 3.96. The van der Waals surface area contributed by atoms with E-state index >= 15 is 0 Å². The molecule has 8 nitrogen and oxygen atoms in total. The Morgan fingerprint density at radius 3 is 2.73 bits per heavy atom. The molecular weight excluding hydrogens is 574 g/mol. The number of aromatic nitrogens is 1. The largest absolute Gasteiger partial charge is 0.492 e. The molecule has 0 spiro atoms. The molecule has 1 atom stereocenters. The molecule has 0 fully saturated rings. The van der Waals surface area contributed by atoms with E-state index in [9.17, 15) is 10.1 Å². The Morgan fingerprint density at radius 1 is 1.16 bits per heavy atom. The third-order valence-corrected chi connectivity index (χ3v) is 7.99. The summed E-state index contributed by atoms with van der Waals surface area (Å²) < 4.78 is 12.0. The van der Waals surface area contributed by atoms with Gasteiger partial charge in [0.2, 0.25) is 5.91 Å². The average molecular weight is 618 g/mol. The number of allylic oxidation sites excluding steroid dienone is 1. The van der Waals surface area contributed by atoms with Gasteiger partial charge in [-0.05, 0) is 83.9 Å². The highest BCUT2D eigenvalue weighted by Gasteiger charge is 2.17. The molecule has 3 aromatic rings. The Balaban J connectivity index is 1.56. The Kier molecular flexibility index (Phi) is 12.3. The van der Waals surface area contributed by atoms with Crippen LogP contribution in [0.1, 0.15) is 70.8 Å². The van der Waals surface area contributed by atoms with E-state index in [1.165, 1.54) is 31.9 Å². The van der Waals surface area contributed by atoms with Gasteiger partial charge in [-0.1, -0.05) is 43.0 Å². The summed E-state index contributed by atoms with van der Waals surface area (Å²) in [5, 5.41) is 17.5. The number of benzene rings is 2. The van der Waals surface area contributed by atoms with E-state index in [0.717, 1.165) is 25.8 Å². The maximum atomic E-state index is 12.8. The Hall–Kier alpha value is -3.80. The van der Waals surface area contributed by atoms with Gasteiger partial charge in [0, 0.05) is 35.7 Å². The third kappa shape index (κ3) is 9.10. The lowest BCUT2D eigenvalue weighted by Crippen LogP contribution is -2.17. The van der Waals surface area contributed by atoms with Crippen molar-refractivity contribution in [3.05, 3.63) is 58.8 Å². The highest BCUT2D eigenvalue weighted by molar-refractivity contribution is 6.32. The Bertz CT molecular complexity index is 1510. The van der Waals surface area contributed by atoms with E-state index in [0.29, 0.717) is 75.6 Å². The van der Waals surface area contributed by atoms with Crippen molar-refractivity contribution in [3.8, 4) is 17.6 Å². The first-order valence-electron chi connectivity index (χ1n) is 15.6. The summed E-state index contributed by atoms with van der Waals surface area (Å²) >= 11 is 6.69. The minimum atomic E-state index is -0.102. The molecule has 1 aliphatic rings. The van der Waals surface area contributed by atoms with Crippen LogP contribution in [0.5, 0.6) is 11.5 Å². The molecule has 1 amide bonds. The molecule has 44 heavy (non-hydrogen) atoms. The summed E-state index contributed by atoms with van der Waals surface area (Å²) in [5.74, 6) is 1.44. The lowest BCUT2D eigenvalue weighted by molar-refractivity contribution is -0.116. The van der Waals surface area contributed by atoms with E-state index in [4.69, 9.17) is 21.1 Å². The minimum Gasteiger partial charge on any atom is -0.492 e. The zero-order valence-electron chi connectivity index (χ0n) is 26.3. The molecule has 1 unspecified atom stereocenters. The van der Waals surface area contributed by atoms with Crippen LogP contribution in [0.2, 0.25) is 5.02 Å². The number of fused-ring (bicyclic) bond motifs is 1. The number of anilines is 3. The number of ether oxygens (including phenoxy) is 2. The maximum Gasteiger partial charge on any atom is 0.224 e. The van der Waals surface area contributed by atoms with E-state index in [1.54, 1.807) is 17.7 Å². The molecule has 0 saturated carbocycles. The van der Waals surface area contributed by atoms with Crippen LogP contribution in [-0.2, 0) is 4.79 Å². The molecule has 2 aromatic carbocycles. The quantitative estimate of drug-likeness (QED) is 0.175. The predicted octanol–water partition coefficient (Wildman–Crippen LogP) is 8.48. The zero-order chi connectivity index (χ0) is 31.5. The molecule has 0 aliphatic heterocycles. The predicted molar refractivity (Wildman–Crippen MR) is 179 cm³/mol. The number of rotatable bonds is 14. The molecule has 1 aliphatic carbocycles. The van der Waals surface area contributed by atoms with Crippen molar-refractivity contribution in [2.75, 3.05) is 44.5 Å². The normalized spacial score (nSPS) is 14.9. The monoisotopic (exact) mass is 617 g/mol. The molecule has 0 saturated heterocycles. The number of nitrogens with one attached hydrogen (secondary N) is 2. The van der Waals surface area contributed by atoms with E-state index in [1.807, 2.05) is 44.1 Å². The minimum absolute atomic E-state index is 0.102. The molecule has 234 valence electrons. The van der Waals surface area contributed by atoms with Gasteiger partial charge in [-0.15, -0.1) is 0 Å². The van der Waals surface area contributed by atoms with Gasteiger partial charge in [-0.25, -0.2) is 0 Å². The topological polar surface area (TPSA) is 99.5 Å². The standard InChI is InChI=1S/C35H44ClN5O3/c1-5-10-24-11-7-8-12-25(17-24)23-44-32-15-14-27(18-29(32)36)39-35-26(21-37)22-38-30-20-33(43-6-2)31(19-28(30)35)40-34(42)13-9-16-41(3)4/h14-15,17-20,22,25H,5-13,16,23H2,1-4H3,(H,38,39)(H,40,42). The van der Waals surface area contributed by atoms with Gasteiger partial charge >= 0.3 is 0 Å². The number of hydrogen-bond donors (Lipinski definition) is 2. The maximum absolute atomic E-state index is 12.8. The van der Waals surface area contributed by atoms with Crippen LogP contribution in [-0.4, -0.2) is 49.6 Å². The molecular formula is C35H44ClN5O3. The third-order valence-electron chi connectivity index (χ3n) is 7.69. The first kappa shape index (κ1) is 33.1. The van der Waals surface area contributed by atoms with Crippen molar-refractivity contribution in [1.29, 1.82) is 5.26 Å². The zero-order valence-corrected chi connectivity index (χ0v) is 27.1. The van der Waals surface area contributed by atoms with Gasteiger partial charge in [0.05, 0.1) is 40.7 Å². The van der Waals surface area contributed by atoms with Gasteiger partial charge in [0.25, 0.3) is 0 Å². The lowest BCUT2D eigenvalue weighted by Gasteiger charge is -2.17. The van der Waals surface area contributed by atoms with Crippen LogP contribution in [0, 0.1) is 17.2 Å². The van der Waals surface area contributed by atoms with Crippen molar-refractivity contribution in [1.82, 2.24) is 9.88 Å². The smallest absolute Gasteiger partial charge is 0.224 e. The van der Waals surface area contributed by atoms with E-state index in [2.05, 4.69) is 34.7 Å². The Morgan fingerprint density at radius 2 is 2.00 bits per heavy atom. The van der Waals surface area contributed by atoms with Crippen molar-refractivity contribution in [3.63, 3.8) is 0 Å². The van der Waals surface area contributed by atoms with Gasteiger partial charge in [-0.2, -0.15) is 5.26 Å². The highest BCUT2D eigenvalue weighted by atomic mass is 35.5. The van der Waals surface area contributed by atoms with Crippen molar-refractivity contribution >= 4 is 45.5 Å². The number of carbonyl (C=O) groups is 1. The summed E-state index contributed by atoms with van der Waals surface area (Å²) in [4.78, 5) is 19.3. The summed E-state index contributed by atoms with van der Waals surface area (Å²) in [6.45, 7) is 5.96. The van der Waals surface area contributed by atoms with Crippen LogP contribution in [0.25, 0.3) is 10.9 Å². The molecule has 9 heteroatoms. The number of carbonyl (C=O) groups excluding carboxylic acids is 1. The summed E-state index contributed by atoms with van der Waals surface area (Å²) in [6.07, 6.45) is 12.2. The first-order chi connectivity index (χ1) is 21.3. The van der Waals surface area contributed by atoms with E-state index < -0.39 is 0 Å². The van der Waals surface area contributed by atoms with Crippen LogP contribution in [0.4, 0.5) is 17.1 Å². The van der Waals surface area contributed by atoms with Crippen LogP contribution in [0.15, 0.2) is 48.2 Å². The molecule has 0 bridgehead atoms. The van der Waals surface area contributed by atoms with Crippen molar-refractivity contribution in [2.24, 2.45) is 5.92 Å². The second-order valence-electron chi connectivity index (χ2n) is 11.6. The van der Waals surface area contributed by atoms with Gasteiger partial charge in [-0.3, -0.25) is 9.78 Å². The summed E-state index contributed by atoms with van der Waals surface area (Å²) in [5.41, 5.74) is 4.34. The van der Waals surface area contributed by atoms with E-state index in [-0.39, 0.29) is 5.91 Å². The van der Waals surface area contributed by atoms with Crippen LogP contribution >= 0.6 is 11.6 Å². The van der Waals surface area contributed by atoms with Gasteiger partial charge in [0.1, 0.15) is 17.6 Å². The van der Waals surface area contributed by atoms with Gasteiger partial charge < -0.3 is 25.0 Å². The number of nitrogens with zero attached hydrogens (tertiary/aromatic N) is 3. The van der Waals surface area contributed by atoms with Gasteiger partial charge in [0.15, 0.2) is 0 Å². The van der Waals surface area contributed by atoms with Crippen molar-refractivity contribution in [2.45, 2.75) is 65.2 Å². The molecule has 1 heterocycles. The van der Waals surface area contributed by atoms with Crippen LogP contribution < -0.4 is 20.1 Å². The SMILES string of the molecule is CCCC1=CC(COc2ccc(Nc3c(C#N)cnc4cc(OCC)c(NC(=O)CCCN(C)C)cc34)cc2Cl)CCCC1. The number of amides is 1. The summed E-state index contributed by atoms with van der Waals surface area (Å²) in [6, 6.07) is 11.4. The lowest BCUT2D eigenvalue weighted by atomic mass is 10.0. The average Bonchev–Trinajstić information content (AvgIpc) is 3.22. The van der Waals surface area contributed by atoms with Crippen LogP contribution in [0.3, 0.4) is 0 Å². The highest BCUT2D eigenvalue weighted by Crippen LogP contribution is 2.37. The number of hydrogen-bond acceptors (Lipinski definition) is 7. The second-order valence-corrected chi connectivity index (χ2v) is 12.0. The van der Waals surface area contributed by atoms with Crippen molar-refractivity contribution < 1.29 is 14.3 Å². The molecule has 4 rings (SSSR count). The fraction of sp³-hybridized carbons (Fsp3) is 0.457. The first-order valence-corrected chi connectivity index (χ1v) is 16.0. The fourth-order valence-corrected chi connectivity index (χ4v) is 5.77. The second kappa shape index (κ2) is 16.3. The number of pyridine rings is 1. The number of halogens is 1. The molecule has 0 radical (unpaired) electrons. The Labute approximate surface area is 266 Å². The molecule has 1 aromatic heterocycles. The fourth-order valence-electron chi connectivity index (χ4n) is 5.54.